The standard InChI is InChI=1S/C16H26N2O/c1-12(17)15-13(7-5-8-14(15)19-4)18-10-6-9-16(2,3)11-18/h5,7-8,12H,6,9-11,17H2,1-4H3/t12-/m1/s1. The normalized spacial score (nSPS) is 20.2. The molecule has 1 aliphatic heterocycles. The van der Waals surface area contributed by atoms with E-state index in [0.29, 0.717) is 5.41 Å². The van der Waals surface area contributed by atoms with Gasteiger partial charge in [-0.25, -0.2) is 0 Å². The van der Waals surface area contributed by atoms with Crippen molar-refractivity contribution in [1.82, 2.24) is 0 Å². The van der Waals surface area contributed by atoms with Crippen LogP contribution in [0.2, 0.25) is 0 Å². The monoisotopic (exact) mass is 262 g/mol. The Morgan fingerprint density at radius 1 is 1.37 bits per heavy atom. The van der Waals surface area contributed by atoms with Gasteiger partial charge in [0.15, 0.2) is 0 Å². The highest BCUT2D eigenvalue weighted by Gasteiger charge is 2.28. The van der Waals surface area contributed by atoms with E-state index in [4.69, 9.17) is 10.5 Å². The van der Waals surface area contributed by atoms with Gasteiger partial charge in [0.25, 0.3) is 0 Å². The lowest BCUT2D eigenvalue weighted by atomic mass is 9.83. The molecule has 1 heterocycles. The van der Waals surface area contributed by atoms with Crippen LogP contribution in [-0.4, -0.2) is 20.2 Å². The molecule has 1 atom stereocenters. The van der Waals surface area contributed by atoms with Crippen LogP contribution < -0.4 is 15.4 Å². The molecule has 1 fully saturated rings. The molecule has 0 bridgehead atoms. The Balaban J connectivity index is 2.38. The van der Waals surface area contributed by atoms with Gasteiger partial charge < -0.3 is 15.4 Å². The van der Waals surface area contributed by atoms with E-state index in [1.807, 2.05) is 13.0 Å². The van der Waals surface area contributed by atoms with E-state index >= 15 is 0 Å². The van der Waals surface area contributed by atoms with Crippen LogP contribution in [0.15, 0.2) is 18.2 Å². The van der Waals surface area contributed by atoms with Gasteiger partial charge in [0, 0.05) is 30.4 Å². The number of piperidine rings is 1. The van der Waals surface area contributed by atoms with Crippen molar-refractivity contribution >= 4 is 5.69 Å². The fourth-order valence-electron chi connectivity index (χ4n) is 3.07. The Labute approximate surface area is 116 Å². The molecular formula is C16H26N2O. The van der Waals surface area contributed by atoms with Crippen molar-refractivity contribution in [3.63, 3.8) is 0 Å². The highest BCUT2D eigenvalue weighted by molar-refractivity contribution is 5.61. The maximum atomic E-state index is 6.16. The topological polar surface area (TPSA) is 38.5 Å². The number of hydrogen-bond donors (Lipinski definition) is 1. The molecule has 0 saturated carbocycles. The van der Waals surface area contributed by atoms with Crippen molar-refractivity contribution in [3.05, 3.63) is 23.8 Å². The molecule has 0 amide bonds. The second-order valence-electron chi connectivity index (χ2n) is 6.37. The molecule has 19 heavy (non-hydrogen) atoms. The first-order valence-corrected chi connectivity index (χ1v) is 7.12. The predicted octanol–water partition coefficient (Wildman–Crippen LogP) is 3.34. The van der Waals surface area contributed by atoms with Crippen LogP contribution in [0.25, 0.3) is 0 Å². The lowest BCUT2D eigenvalue weighted by Crippen LogP contribution is -2.40. The maximum absolute atomic E-state index is 6.16. The second-order valence-corrected chi connectivity index (χ2v) is 6.37. The summed E-state index contributed by atoms with van der Waals surface area (Å²) in [5.41, 5.74) is 8.90. The van der Waals surface area contributed by atoms with Crippen LogP contribution in [0, 0.1) is 5.41 Å². The lowest BCUT2D eigenvalue weighted by molar-refractivity contribution is 0.292. The molecule has 2 rings (SSSR count). The van der Waals surface area contributed by atoms with Crippen LogP contribution in [0.5, 0.6) is 5.75 Å². The van der Waals surface area contributed by atoms with Gasteiger partial charge in [-0.2, -0.15) is 0 Å². The molecular weight excluding hydrogens is 236 g/mol. The van der Waals surface area contributed by atoms with Crippen molar-refractivity contribution in [1.29, 1.82) is 0 Å². The van der Waals surface area contributed by atoms with E-state index in [9.17, 15) is 0 Å². The molecule has 3 heteroatoms. The van der Waals surface area contributed by atoms with Crippen LogP contribution in [0.3, 0.4) is 0 Å². The Bertz CT molecular complexity index is 440. The molecule has 1 aromatic carbocycles. The molecule has 0 spiro atoms. The van der Waals surface area contributed by atoms with E-state index < -0.39 is 0 Å². The summed E-state index contributed by atoms with van der Waals surface area (Å²) in [6.45, 7) is 8.89. The first-order chi connectivity index (χ1) is 8.94. The third-order valence-electron chi connectivity index (χ3n) is 3.96. The summed E-state index contributed by atoms with van der Waals surface area (Å²) in [6.07, 6.45) is 2.53. The largest absolute Gasteiger partial charge is 0.496 e. The number of anilines is 1. The highest BCUT2D eigenvalue weighted by Crippen LogP contribution is 2.38. The van der Waals surface area contributed by atoms with E-state index in [0.717, 1.165) is 24.4 Å². The van der Waals surface area contributed by atoms with Crippen molar-refractivity contribution in [2.24, 2.45) is 11.1 Å². The highest BCUT2D eigenvalue weighted by atomic mass is 16.5. The van der Waals surface area contributed by atoms with Gasteiger partial charge in [-0.15, -0.1) is 0 Å². The predicted molar refractivity (Wildman–Crippen MR) is 80.8 cm³/mol. The summed E-state index contributed by atoms with van der Waals surface area (Å²) in [5.74, 6) is 0.899. The molecule has 106 valence electrons. The summed E-state index contributed by atoms with van der Waals surface area (Å²) in [7, 11) is 1.71. The van der Waals surface area contributed by atoms with Crippen molar-refractivity contribution < 1.29 is 4.74 Å². The Morgan fingerprint density at radius 3 is 2.68 bits per heavy atom. The first-order valence-electron chi connectivity index (χ1n) is 7.12. The fourth-order valence-corrected chi connectivity index (χ4v) is 3.07. The van der Waals surface area contributed by atoms with Crippen molar-refractivity contribution in [2.45, 2.75) is 39.7 Å². The molecule has 3 nitrogen and oxygen atoms in total. The smallest absolute Gasteiger partial charge is 0.125 e. The Morgan fingerprint density at radius 2 is 2.11 bits per heavy atom. The number of ether oxygens (including phenoxy) is 1. The van der Waals surface area contributed by atoms with Gasteiger partial charge in [0.2, 0.25) is 0 Å². The van der Waals surface area contributed by atoms with Gasteiger partial charge in [0.1, 0.15) is 5.75 Å². The van der Waals surface area contributed by atoms with E-state index in [-0.39, 0.29) is 6.04 Å². The number of nitrogens with zero attached hydrogens (tertiary/aromatic N) is 1. The first kappa shape index (κ1) is 14.2. The maximum Gasteiger partial charge on any atom is 0.125 e. The molecule has 2 N–H and O–H groups in total. The van der Waals surface area contributed by atoms with E-state index in [2.05, 4.69) is 30.9 Å². The SMILES string of the molecule is COc1cccc(N2CCCC(C)(C)C2)c1[C@@H](C)N. The summed E-state index contributed by atoms with van der Waals surface area (Å²) in [5, 5.41) is 0. The molecule has 1 aromatic rings. The second kappa shape index (κ2) is 5.41. The average molecular weight is 262 g/mol. The molecule has 0 aliphatic carbocycles. The zero-order valence-electron chi connectivity index (χ0n) is 12.6. The average Bonchev–Trinajstić information content (AvgIpc) is 2.36. The minimum absolute atomic E-state index is 0.0174. The third-order valence-corrected chi connectivity index (χ3v) is 3.96. The van der Waals surface area contributed by atoms with E-state index in [1.165, 1.54) is 18.5 Å². The van der Waals surface area contributed by atoms with Crippen LogP contribution >= 0.6 is 0 Å². The Hall–Kier alpha value is -1.22. The van der Waals surface area contributed by atoms with Gasteiger partial charge in [0.05, 0.1) is 7.11 Å². The van der Waals surface area contributed by atoms with Crippen molar-refractivity contribution in [3.8, 4) is 5.75 Å². The number of rotatable bonds is 3. The zero-order chi connectivity index (χ0) is 14.0. The molecule has 0 radical (unpaired) electrons. The zero-order valence-corrected chi connectivity index (χ0v) is 12.6. The number of hydrogen-bond acceptors (Lipinski definition) is 3. The van der Waals surface area contributed by atoms with Gasteiger partial charge in [-0.1, -0.05) is 19.9 Å². The summed E-state index contributed by atoms with van der Waals surface area (Å²) < 4.78 is 5.48. The summed E-state index contributed by atoms with van der Waals surface area (Å²) in [4.78, 5) is 2.46. The van der Waals surface area contributed by atoms with Crippen LogP contribution in [0.4, 0.5) is 5.69 Å². The summed E-state index contributed by atoms with van der Waals surface area (Å²) >= 11 is 0. The molecule has 1 aliphatic rings. The van der Waals surface area contributed by atoms with Gasteiger partial charge in [-0.05, 0) is 37.3 Å². The number of methoxy groups -OCH3 is 1. The van der Waals surface area contributed by atoms with E-state index in [1.54, 1.807) is 7.11 Å². The summed E-state index contributed by atoms with van der Waals surface area (Å²) in [6, 6.07) is 6.21. The number of nitrogens with two attached hydrogens (primary N) is 1. The quantitative estimate of drug-likeness (QED) is 0.908. The van der Waals surface area contributed by atoms with Crippen molar-refractivity contribution in [2.75, 3.05) is 25.1 Å². The number of benzene rings is 1. The fraction of sp³-hybridized carbons (Fsp3) is 0.625. The Kier molecular flexibility index (Phi) is 4.04. The van der Waals surface area contributed by atoms with Gasteiger partial charge in [-0.3, -0.25) is 0 Å². The molecule has 1 saturated heterocycles. The molecule has 0 unspecified atom stereocenters. The minimum atomic E-state index is -0.0174. The van der Waals surface area contributed by atoms with Crippen LogP contribution in [0.1, 0.15) is 45.2 Å². The third kappa shape index (κ3) is 3.03. The lowest BCUT2D eigenvalue weighted by Gasteiger charge is -2.40. The van der Waals surface area contributed by atoms with Crippen LogP contribution in [-0.2, 0) is 0 Å². The molecule has 0 aromatic heterocycles. The minimum Gasteiger partial charge on any atom is -0.496 e. The van der Waals surface area contributed by atoms with Gasteiger partial charge >= 0.3 is 0 Å².